The van der Waals surface area contributed by atoms with Gasteiger partial charge in [0.25, 0.3) is 0 Å². The second-order valence-corrected chi connectivity index (χ2v) is 18.6. The van der Waals surface area contributed by atoms with E-state index in [0.717, 1.165) is 48.0 Å². The van der Waals surface area contributed by atoms with Crippen molar-refractivity contribution in [3.63, 3.8) is 0 Å². The topological polar surface area (TPSA) is 9.23 Å². The first-order valence-electron chi connectivity index (χ1n) is 22.2. The lowest BCUT2D eigenvalue weighted by atomic mass is 9.47. The van der Waals surface area contributed by atoms with Crippen LogP contribution in [0.25, 0.3) is 0 Å². The summed E-state index contributed by atoms with van der Waals surface area (Å²) >= 11 is 0. The number of fused-ring (bicyclic) bond motifs is 5. The molecule has 0 spiro atoms. The van der Waals surface area contributed by atoms with E-state index in [9.17, 15) is 0 Å². The van der Waals surface area contributed by atoms with Gasteiger partial charge in [-0.05, 0) is 142 Å². The van der Waals surface area contributed by atoms with Crippen molar-refractivity contribution in [2.45, 2.75) is 215 Å². The van der Waals surface area contributed by atoms with Crippen molar-refractivity contribution >= 4 is 0 Å². The summed E-state index contributed by atoms with van der Waals surface area (Å²) in [6.45, 7) is 18.7. The summed E-state index contributed by atoms with van der Waals surface area (Å²) in [5.41, 5.74) is 2.83. The third-order valence-electron chi connectivity index (χ3n) is 15.3. The summed E-state index contributed by atoms with van der Waals surface area (Å²) in [6.07, 6.45) is 42.8. The zero-order valence-corrected chi connectivity index (χ0v) is 33.6. The van der Waals surface area contributed by atoms with Gasteiger partial charge < -0.3 is 4.74 Å². The second-order valence-electron chi connectivity index (χ2n) is 18.6. The average molecular weight is 665 g/mol. The van der Waals surface area contributed by atoms with E-state index in [1.165, 1.54) is 161 Å². The smallest absolute Gasteiger partial charge is 0.0612 e. The SMILES string of the molecule is CCCCCCCC/C=C/CCCCCCCCO[C@H]1CC[C@@]2(C)C(=CC[C@H]3[C@@H]4CC[C@H]([C@H](C)CC[C@@H](CC)C(C)C)[C@@]4(C)CC[C@@H]32)C1. The minimum Gasteiger partial charge on any atom is -0.378 e. The van der Waals surface area contributed by atoms with Gasteiger partial charge in [0.05, 0.1) is 6.10 Å². The Kier molecular flexibility index (Phi) is 17.2. The quantitative estimate of drug-likeness (QED) is 0.0780. The molecule has 0 unspecified atom stereocenters. The highest BCUT2D eigenvalue weighted by atomic mass is 16.5. The van der Waals surface area contributed by atoms with Crippen LogP contribution in [0.5, 0.6) is 0 Å². The van der Waals surface area contributed by atoms with E-state index in [2.05, 4.69) is 66.7 Å². The van der Waals surface area contributed by atoms with E-state index in [4.69, 9.17) is 4.74 Å². The van der Waals surface area contributed by atoms with Crippen molar-refractivity contribution in [1.82, 2.24) is 0 Å². The molecule has 0 radical (unpaired) electrons. The Morgan fingerprint density at radius 1 is 0.750 bits per heavy atom. The average Bonchev–Trinajstić information content (AvgIpc) is 3.43. The van der Waals surface area contributed by atoms with Crippen LogP contribution in [-0.4, -0.2) is 12.7 Å². The zero-order valence-electron chi connectivity index (χ0n) is 33.6. The third-order valence-corrected chi connectivity index (χ3v) is 15.3. The number of allylic oxidation sites excluding steroid dienone is 3. The van der Waals surface area contributed by atoms with Crippen LogP contribution in [-0.2, 0) is 4.74 Å². The molecule has 4 rings (SSSR count). The zero-order chi connectivity index (χ0) is 34.4. The molecule has 9 atom stereocenters. The molecule has 0 aromatic rings. The van der Waals surface area contributed by atoms with Crippen LogP contribution in [0.15, 0.2) is 23.8 Å². The van der Waals surface area contributed by atoms with Crippen molar-refractivity contribution in [3.05, 3.63) is 23.8 Å². The standard InChI is InChI=1S/C47H84O/c1-8-10-11-12-13-14-15-16-17-18-19-20-21-22-23-24-35-48-41-31-33-46(6)40(36-41)27-28-42-44-30-29-43(47(44,7)34-32-45(42)46)38(5)25-26-39(9-2)37(3)4/h16-17,27,37-39,41-45H,8-15,18-26,28-36H2,1-7H3/b17-16+/t38-,39-,41+,42+,43-,44+,45+,46+,47-/m1/s1. The fourth-order valence-corrected chi connectivity index (χ4v) is 12.0. The molecule has 4 aliphatic carbocycles. The van der Waals surface area contributed by atoms with Gasteiger partial charge in [0.1, 0.15) is 0 Å². The molecule has 0 aromatic heterocycles. The van der Waals surface area contributed by atoms with Gasteiger partial charge in [-0.3, -0.25) is 0 Å². The van der Waals surface area contributed by atoms with Gasteiger partial charge in [0, 0.05) is 6.61 Å². The lowest BCUT2D eigenvalue weighted by Gasteiger charge is -2.58. The first-order valence-corrected chi connectivity index (χ1v) is 22.2. The first kappa shape index (κ1) is 40.2. The van der Waals surface area contributed by atoms with Gasteiger partial charge in [0.15, 0.2) is 0 Å². The van der Waals surface area contributed by atoms with Gasteiger partial charge in [-0.1, -0.05) is 143 Å². The number of hydrogen-bond acceptors (Lipinski definition) is 1. The van der Waals surface area contributed by atoms with Crippen LogP contribution in [0.3, 0.4) is 0 Å². The minimum absolute atomic E-state index is 0.447. The highest BCUT2D eigenvalue weighted by molar-refractivity contribution is 5.25. The maximum Gasteiger partial charge on any atom is 0.0612 e. The van der Waals surface area contributed by atoms with Gasteiger partial charge >= 0.3 is 0 Å². The molecule has 0 aliphatic heterocycles. The lowest BCUT2D eigenvalue weighted by molar-refractivity contribution is -0.0643. The normalized spacial score (nSPS) is 33.0. The molecule has 3 saturated carbocycles. The Morgan fingerprint density at radius 2 is 1.42 bits per heavy atom. The lowest BCUT2D eigenvalue weighted by Crippen LogP contribution is -2.51. The minimum atomic E-state index is 0.447. The van der Waals surface area contributed by atoms with E-state index in [-0.39, 0.29) is 0 Å². The summed E-state index contributed by atoms with van der Waals surface area (Å²) in [7, 11) is 0. The second kappa shape index (κ2) is 20.5. The highest BCUT2D eigenvalue weighted by Gasteiger charge is 2.59. The van der Waals surface area contributed by atoms with Crippen LogP contribution in [0.4, 0.5) is 0 Å². The van der Waals surface area contributed by atoms with Gasteiger partial charge in [-0.2, -0.15) is 0 Å². The summed E-state index contributed by atoms with van der Waals surface area (Å²) in [5.74, 6) is 6.43. The molecule has 0 saturated heterocycles. The fourth-order valence-electron chi connectivity index (χ4n) is 12.0. The van der Waals surface area contributed by atoms with Gasteiger partial charge in [0.2, 0.25) is 0 Å². The third kappa shape index (κ3) is 10.7. The summed E-state index contributed by atoms with van der Waals surface area (Å²) in [5, 5.41) is 0. The molecule has 1 heteroatoms. The van der Waals surface area contributed by atoms with Crippen LogP contribution in [0.2, 0.25) is 0 Å². The Balaban J connectivity index is 1.10. The Bertz CT molecular complexity index is 945. The van der Waals surface area contributed by atoms with E-state index in [1.54, 1.807) is 5.57 Å². The predicted octanol–water partition coefficient (Wildman–Crippen LogP) is 15.1. The summed E-state index contributed by atoms with van der Waals surface area (Å²) in [4.78, 5) is 0. The highest BCUT2D eigenvalue weighted by Crippen LogP contribution is 2.67. The van der Waals surface area contributed by atoms with E-state index in [1.807, 2.05) is 0 Å². The van der Waals surface area contributed by atoms with Crippen LogP contribution in [0, 0.1) is 52.3 Å². The Hall–Kier alpha value is -0.560. The van der Waals surface area contributed by atoms with Crippen molar-refractivity contribution in [2.75, 3.05) is 6.61 Å². The predicted molar refractivity (Wildman–Crippen MR) is 211 cm³/mol. The maximum absolute atomic E-state index is 6.57. The molecular formula is C47H84O. The largest absolute Gasteiger partial charge is 0.378 e. The Labute approximate surface area is 301 Å². The molecule has 278 valence electrons. The molecule has 4 aliphatic rings. The van der Waals surface area contributed by atoms with Crippen molar-refractivity contribution in [2.24, 2.45) is 52.3 Å². The maximum atomic E-state index is 6.57. The van der Waals surface area contributed by atoms with E-state index >= 15 is 0 Å². The molecule has 0 bridgehead atoms. The molecule has 3 fully saturated rings. The number of unbranched alkanes of at least 4 members (excludes halogenated alkanes) is 12. The van der Waals surface area contributed by atoms with E-state index in [0.29, 0.717) is 16.9 Å². The van der Waals surface area contributed by atoms with Crippen molar-refractivity contribution in [3.8, 4) is 0 Å². The summed E-state index contributed by atoms with van der Waals surface area (Å²) < 4.78 is 6.57. The van der Waals surface area contributed by atoms with Crippen molar-refractivity contribution < 1.29 is 4.74 Å². The van der Waals surface area contributed by atoms with Crippen molar-refractivity contribution in [1.29, 1.82) is 0 Å². The molecule has 48 heavy (non-hydrogen) atoms. The van der Waals surface area contributed by atoms with E-state index < -0.39 is 0 Å². The van der Waals surface area contributed by atoms with Crippen LogP contribution >= 0.6 is 0 Å². The number of ether oxygens (including phenoxy) is 1. The van der Waals surface area contributed by atoms with Gasteiger partial charge in [-0.25, -0.2) is 0 Å². The number of hydrogen-bond donors (Lipinski definition) is 0. The molecular weight excluding hydrogens is 581 g/mol. The number of rotatable bonds is 23. The molecule has 0 amide bonds. The molecule has 1 nitrogen and oxygen atoms in total. The van der Waals surface area contributed by atoms with Gasteiger partial charge in [-0.15, -0.1) is 0 Å². The fraction of sp³-hybridized carbons (Fsp3) is 0.915. The van der Waals surface area contributed by atoms with Crippen LogP contribution in [0.1, 0.15) is 209 Å². The Morgan fingerprint density at radius 3 is 2.08 bits per heavy atom. The summed E-state index contributed by atoms with van der Waals surface area (Å²) in [6, 6.07) is 0. The molecule has 0 heterocycles. The van der Waals surface area contributed by atoms with Crippen LogP contribution < -0.4 is 0 Å². The monoisotopic (exact) mass is 665 g/mol. The molecule has 0 aromatic carbocycles. The first-order chi connectivity index (χ1) is 23.2. The molecule has 0 N–H and O–H groups in total.